The minimum atomic E-state index is -3.61. The third kappa shape index (κ3) is 4.35. The van der Waals surface area contributed by atoms with Crippen LogP contribution in [0.4, 0.5) is 4.39 Å². The maximum atomic E-state index is 13.0. The van der Waals surface area contributed by atoms with Gasteiger partial charge in [0.25, 0.3) is 5.91 Å². The first-order valence-corrected chi connectivity index (χ1v) is 9.85. The number of nitrogens with zero attached hydrogens (tertiary/aromatic N) is 2. The molecule has 0 saturated carbocycles. The largest absolute Gasteiger partial charge is 0.378 e. The average molecular weight is 372 g/mol. The van der Waals surface area contributed by atoms with Crippen LogP contribution in [0.25, 0.3) is 0 Å². The summed E-state index contributed by atoms with van der Waals surface area (Å²) in [5, 5.41) is 0. The molecular weight excluding hydrogens is 349 g/mol. The fourth-order valence-electron chi connectivity index (χ4n) is 3.11. The van der Waals surface area contributed by atoms with Gasteiger partial charge in [0.2, 0.25) is 10.0 Å². The second-order valence-corrected chi connectivity index (χ2v) is 8.22. The van der Waals surface area contributed by atoms with Gasteiger partial charge >= 0.3 is 0 Å². The van der Waals surface area contributed by atoms with Gasteiger partial charge in [0.05, 0.1) is 44.3 Å². The molecule has 0 atom stereocenters. The van der Waals surface area contributed by atoms with Gasteiger partial charge in [0, 0.05) is 13.1 Å². The van der Waals surface area contributed by atoms with Crippen molar-refractivity contribution in [2.75, 3.05) is 59.0 Å². The van der Waals surface area contributed by atoms with Crippen LogP contribution in [0.1, 0.15) is 0 Å². The van der Waals surface area contributed by atoms with Crippen LogP contribution in [0.15, 0.2) is 29.2 Å². The van der Waals surface area contributed by atoms with E-state index in [1.165, 1.54) is 16.4 Å². The van der Waals surface area contributed by atoms with Crippen LogP contribution in [0.5, 0.6) is 0 Å². The molecule has 7 nitrogen and oxygen atoms in total. The second kappa shape index (κ2) is 7.77. The molecule has 1 amide bonds. The zero-order valence-electron chi connectivity index (χ0n) is 14.0. The Morgan fingerprint density at radius 1 is 1.08 bits per heavy atom. The summed E-state index contributed by atoms with van der Waals surface area (Å²) in [7, 11) is -3.61. The monoisotopic (exact) mass is 372 g/mol. The first-order chi connectivity index (χ1) is 12.0. The smallest absolute Gasteiger partial charge is 0.277 e. The summed E-state index contributed by atoms with van der Waals surface area (Å²) in [6.07, 6.45) is 0. The van der Waals surface area contributed by atoms with Crippen LogP contribution in [0, 0.1) is 5.82 Å². The molecule has 0 spiro atoms. The molecule has 2 heterocycles. The minimum Gasteiger partial charge on any atom is -0.378 e. The summed E-state index contributed by atoms with van der Waals surface area (Å²) in [6, 6.07) is 4.86. The molecule has 3 rings (SSSR count). The van der Waals surface area contributed by atoms with Crippen LogP contribution in [0.2, 0.25) is 0 Å². The first-order valence-electron chi connectivity index (χ1n) is 8.41. The Hall–Kier alpha value is -1.55. The summed E-state index contributed by atoms with van der Waals surface area (Å²) >= 11 is 0. The molecule has 1 aromatic carbocycles. The van der Waals surface area contributed by atoms with E-state index in [0.717, 1.165) is 17.0 Å². The highest BCUT2D eigenvalue weighted by Gasteiger charge is 2.32. The Bertz CT molecular complexity index is 697. The van der Waals surface area contributed by atoms with E-state index in [2.05, 4.69) is 0 Å². The third-order valence-corrected chi connectivity index (χ3v) is 6.56. The Kier molecular flexibility index (Phi) is 5.67. The van der Waals surface area contributed by atoms with Crippen molar-refractivity contribution >= 4 is 15.9 Å². The van der Waals surface area contributed by atoms with Crippen molar-refractivity contribution in [3.8, 4) is 0 Å². The molecule has 1 N–H and O–H groups in total. The number of carbonyl (C=O) groups is 1. The lowest BCUT2D eigenvalue weighted by Crippen LogP contribution is -3.15. The predicted octanol–water partition coefficient (Wildman–Crippen LogP) is -1.43. The van der Waals surface area contributed by atoms with Gasteiger partial charge in [0.15, 0.2) is 6.54 Å². The number of hydrogen-bond donors (Lipinski definition) is 1. The van der Waals surface area contributed by atoms with Crippen molar-refractivity contribution in [3.63, 3.8) is 0 Å². The lowest BCUT2D eigenvalue weighted by atomic mass is 10.3. The molecule has 138 valence electrons. The van der Waals surface area contributed by atoms with Crippen LogP contribution < -0.4 is 4.90 Å². The number of rotatable bonds is 4. The molecular formula is C16H23FN3O4S+. The number of morpholine rings is 1. The summed E-state index contributed by atoms with van der Waals surface area (Å²) in [5.74, 6) is -0.372. The fourth-order valence-corrected chi connectivity index (χ4v) is 4.56. The molecule has 9 heteroatoms. The fraction of sp³-hybridized carbons (Fsp3) is 0.562. The van der Waals surface area contributed by atoms with E-state index < -0.39 is 15.8 Å². The summed E-state index contributed by atoms with van der Waals surface area (Å²) in [5.41, 5.74) is 0. The van der Waals surface area contributed by atoms with Gasteiger partial charge in [-0.2, -0.15) is 4.31 Å². The second-order valence-electron chi connectivity index (χ2n) is 6.28. The first kappa shape index (κ1) is 18.2. The zero-order chi connectivity index (χ0) is 17.9. The van der Waals surface area contributed by atoms with Gasteiger partial charge in [-0.25, -0.2) is 12.8 Å². The molecule has 0 radical (unpaired) electrons. The normalized spacial score (nSPS) is 20.6. The predicted molar refractivity (Wildman–Crippen MR) is 88.1 cm³/mol. The Morgan fingerprint density at radius 3 is 2.28 bits per heavy atom. The molecule has 0 aliphatic carbocycles. The number of carbonyl (C=O) groups excluding carboxylic acids is 1. The van der Waals surface area contributed by atoms with E-state index in [1.54, 1.807) is 4.90 Å². The maximum absolute atomic E-state index is 13.0. The van der Waals surface area contributed by atoms with E-state index in [0.29, 0.717) is 59.0 Å². The number of halogens is 1. The highest BCUT2D eigenvalue weighted by atomic mass is 32.2. The van der Waals surface area contributed by atoms with E-state index in [9.17, 15) is 17.6 Å². The standard InChI is InChI=1S/C16H22FN3O4S/c17-14-1-3-15(4-2-14)25(22,23)20-7-5-18(6-8-20)13-16(21)19-9-11-24-12-10-19/h1-4H,5-13H2/p+1. The van der Waals surface area contributed by atoms with Crippen molar-refractivity contribution in [3.05, 3.63) is 30.1 Å². The average Bonchev–Trinajstić information content (AvgIpc) is 2.63. The number of benzene rings is 1. The quantitative estimate of drug-likeness (QED) is 0.704. The van der Waals surface area contributed by atoms with Crippen molar-refractivity contribution in [2.24, 2.45) is 0 Å². The Labute approximate surface area is 147 Å². The molecule has 0 unspecified atom stereocenters. The molecule has 2 saturated heterocycles. The third-order valence-electron chi connectivity index (χ3n) is 4.65. The van der Waals surface area contributed by atoms with Gasteiger partial charge in [-0.05, 0) is 24.3 Å². The number of sulfonamides is 1. The molecule has 2 aliphatic rings. The summed E-state index contributed by atoms with van der Waals surface area (Å²) in [4.78, 5) is 15.3. The van der Waals surface area contributed by atoms with Crippen LogP contribution in [0.3, 0.4) is 0 Å². The van der Waals surface area contributed by atoms with Crippen molar-refractivity contribution in [2.45, 2.75) is 4.90 Å². The molecule has 0 bridgehead atoms. The Balaban J connectivity index is 1.54. The van der Waals surface area contributed by atoms with Crippen LogP contribution in [-0.2, 0) is 19.6 Å². The van der Waals surface area contributed by atoms with Crippen molar-refractivity contribution in [1.29, 1.82) is 0 Å². The molecule has 1 aromatic rings. The number of quaternary nitrogens is 1. The van der Waals surface area contributed by atoms with Gasteiger partial charge in [-0.3, -0.25) is 4.79 Å². The van der Waals surface area contributed by atoms with E-state index in [1.807, 2.05) is 0 Å². The highest BCUT2D eigenvalue weighted by molar-refractivity contribution is 7.89. The van der Waals surface area contributed by atoms with Gasteiger partial charge in [-0.1, -0.05) is 0 Å². The molecule has 0 aromatic heterocycles. The zero-order valence-corrected chi connectivity index (χ0v) is 14.8. The summed E-state index contributed by atoms with van der Waals surface area (Å²) < 4.78 is 44.8. The SMILES string of the molecule is O=C(C[NH+]1CCN(S(=O)(=O)c2ccc(F)cc2)CC1)N1CCOCC1. The maximum Gasteiger partial charge on any atom is 0.277 e. The lowest BCUT2D eigenvalue weighted by Gasteiger charge is -2.33. The van der Waals surface area contributed by atoms with E-state index in [4.69, 9.17) is 4.74 Å². The summed E-state index contributed by atoms with van der Waals surface area (Å²) in [6.45, 7) is 4.64. The topological polar surface area (TPSA) is 71.4 Å². The molecule has 2 aliphatic heterocycles. The minimum absolute atomic E-state index is 0.0909. The highest BCUT2D eigenvalue weighted by Crippen LogP contribution is 2.16. The number of nitrogens with one attached hydrogen (secondary N) is 1. The number of piperazine rings is 1. The molecule has 2 fully saturated rings. The number of hydrogen-bond acceptors (Lipinski definition) is 4. The molecule has 25 heavy (non-hydrogen) atoms. The Morgan fingerprint density at radius 2 is 1.68 bits per heavy atom. The lowest BCUT2D eigenvalue weighted by molar-refractivity contribution is -0.896. The van der Waals surface area contributed by atoms with Crippen LogP contribution >= 0.6 is 0 Å². The van der Waals surface area contributed by atoms with Crippen LogP contribution in [-0.4, -0.2) is 82.6 Å². The number of ether oxygens (including phenoxy) is 1. The van der Waals surface area contributed by atoms with E-state index >= 15 is 0 Å². The van der Waals surface area contributed by atoms with Gasteiger partial charge < -0.3 is 14.5 Å². The van der Waals surface area contributed by atoms with Crippen molar-refractivity contribution < 1.29 is 27.2 Å². The number of amides is 1. The van der Waals surface area contributed by atoms with Crippen molar-refractivity contribution in [1.82, 2.24) is 9.21 Å². The van der Waals surface area contributed by atoms with Gasteiger partial charge in [0.1, 0.15) is 5.82 Å². The van der Waals surface area contributed by atoms with E-state index in [-0.39, 0.29) is 10.8 Å². The van der Waals surface area contributed by atoms with Gasteiger partial charge in [-0.15, -0.1) is 0 Å².